The molecular weight excluding hydrogens is 332 g/mol. The van der Waals surface area contributed by atoms with Crippen LogP contribution < -0.4 is 14.2 Å². The average molecular weight is 358 g/mol. The third-order valence-corrected chi connectivity index (χ3v) is 6.33. The summed E-state index contributed by atoms with van der Waals surface area (Å²) in [6.07, 6.45) is 6.09. The topological polar surface area (TPSA) is 61.8 Å². The van der Waals surface area contributed by atoms with E-state index in [2.05, 4.69) is 0 Å². The second-order valence-corrected chi connectivity index (χ2v) is 7.63. The molecule has 5 heteroatoms. The highest BCUT2D eigenvalue weighted by atomic mass is 16.6. The second kappa shape index (κ2) is 6.93. The fourth-order valence-electron chi connectivity index (χ4n) is 5.01. The highest BCUT2D eigenvalue weighted by Crippen LogP contribution is 2.55. The zero-order valence-corrected chi connectivity index (χ0v) is 15.3. The van der Waals surface area contributed by atoms with Crippen LogP contribution in [0.5, 0.6) is 17.2 Å². The monoisotopic (exact) mass is 358 g/mol. The van der Waals surface area contributed by atoms with Crippen molar-refractivity contribution in [1.29, 1.82) is 0 Å². The van der Waals surface area contributed by atoms with Gasteiger partial charge in [-0.1, -0.05) is 12.5 Å². The summed E-state index contributed by atoms with van der Waals surface area (Å²) in [5.74, 6) is 2.60. The zero-order chi connectivity index (χ0) is 18.1. The lowest BCUT2D eigenvalue weighted by atomic mass is 9.58. The number of ketones is 2. The molecule has 2 aliphatic carbocycles. The number of hydrogen-bond acceptors (Lipinski definition) is 5. The third kappa shape index (κ3) is 2.78. The van der Waals surface area contributed by atoms with Gasteiger partial charge in [0.15, 0.2) is 11.5 Å². The van der Waals surface area contributed by atoms with Gasteiger partial charge in [0, 0.05) is 36.2 Å². The minimum absolute atomic E-state index is 0.0348. The fraction of sp³-hybridized carbons (Fsp3) is 0.619. The molecule has 140 valence electrons. The SMILES string of the molecule is COc1ccc(C2(C3CCCCC3=O)CCC(=O)CC2)c2c1OCCO2. The van der Waals surface area contributed by atoms with Gasteiger partial charge in [0.1, 0.15) is 24.8 Å². The molecule has 0 aromatic heterocycles. The summed E-state index contributed by atoms with van der Waals surface area (Å²) in [5, 5.41) is 0. The Morgan fingerprint density at radius 2 is 1.73 bits per heavy atom. The van der Waals surface area contributed by atoms with Crippen molar-refractivity contribution in [2.45, 2.75) is 56.8 Å². The van der Waals surface area contributed by atoms with Gasteiger partial charge in [0.05, 0.1) is 7.11 Å². The molecule has 0 spiro atoms. The lowest BCUT2D eigenvalue weighted by molar-refractivity contribution is -0.130. The van der Waals surface area contributed by atoms with E-state index in [0.29, 0.717) is 74.1 Å². The number of ether oxygens (including phenoxy) is 3. The molecule has 0 bridgehead atoms. The molecule has 1 aromatic carbocycles. The van der Waals surface area contributed by atoms with Crippen LogP contribution in [-0.4, -0.2) is 31.9 Å². The van der Waals surface area contributed by atoms with Gasteiger partial charge in [0.25, 0.3) is 0 Å². The minimum Gasteiger partial charge on any atom is -0.493 e. The van der Waals surface area contributed by atoms with Gasteiger partial charge >= 0.3 is 0 Å². The van der Waals surface area contributed by atoms with Gasteiger partial charge in [0.2, 0.25) is 5.75 Å². The van der Waals surface area contributed by atoms with Crippen LogP contribution in [0.25, 0.3) is 0 Å². The van der Waals surface area contributed by atoms with Crippen molar-refractivity contribution in [3.63, 3.8) is 0 Å². The molecule has 5 nitrogen and oxygen atoms in total. The van der Waals surface area contributed by atoms with Crippen LogP contribution in [-0.2, 0) is 15.0 Å². The number of rotatable bonds is 3. The van der Waals surface area contributed by atoms with Gasteiger partial charge in [-0.2, -0.15) is 0 Å². The molecule has 4 rings (SSSR count). The minimum atomic E-state index is -0.331. The van der Waals surface area contributed by atoms with Crippen molar-refractivity contribution in [2.75, 3.05) is 20.3 Å². The molecule has 2 fully saturated rings. The Morgan fingerprint density at radius 1 is 1.00 bits per heavy atom. The molecule has 1 unspecified atom stereocenters. The number of methoxy groups -OCH3 is 1. The predicted molar refractivity (Wildman–Crippen MR) is 96.1 cm³/mol. The zero-order valence-electron chi connectivity index (χ0n) is 15.3. The lowest BCUT2D eigenvalue weighted by Gasteiger charge is -2.45. The van der Waals surface area contributed by atoms with Crippen LogP contribution in [0.4, 0.5) is 0 Å². The molecule has 1 heterocycles. The molecule has 1 aliphatic heterocycles. The molecular formula is C21H26O5. The Labute approximate surface area is 154 Å². The molecule has 0 amide bonds. The standard InChI is InChI=1S/C21H26O5/c1-24-18-7-6-16(19-20(18)26-13-12-25-19)21(10-8-14(22)9-11-21)15-4-2-3-5-17(15)23/h6-7,15H,2-5,8-13H2,1H3. The predicted octanol–water partition coefficient (Wildman–Crippen LogP) is 3.61. The summed E-state index contributed by atoms with van der Waals surface area (Å²) in [6.45, 7) is 0.974. The van der Waals surface area contributed by atoms with Crippen molar-refractivity contribution in [3.05, 3.63) is 17.7 Å². The van der Waals surface area contributed by atoms with Gasteiger partial charge in [-0.15, -0.1) is 0 Å². The number of fused-ring (bicyclic) bond motifs is 1. The van der Waals surface area contributed by atoms with E-state index in [1.54, 1.807) is 7.11 Å². The van der Waals surface area contributed by atoms with Crippen LogP contribution >= 0.6 is 0 Å². The Kier molecular flexibility index (Phi) is 4.63. The fourth-order valence-corrected chi connectivity index (χ4v) is 5.01. The lowest BCUT2D eigenvalue weighted by Crippen LogP contribution is -2.44. The number of carbonyl (C=O) groups excluding carboxylic acids is 2. The maximum Gasteiger partial charge on any atom is 0.203 e. The first-order valence-electron chi connectivity index (χ1n) is 9.67. The van der Waals surface area contributed by atoms with Gasteiger partial charge < -0.3 is 14.2 Å². The summed E-state index contributed by atoms with van der Waals surface area (Å²) in [6, 6.07) is 3.94. The first-order valence-corrected chi connectivity index (χ1v) is 9.67. The van der Waals surface area contributed by atoms with Gasteiger partial charge in [-0.05, 0) is 31.7 Å². The van der Waals surface area contributed by atoms with Crippen molar-refractivity contribution in [3.8, 4) is 17.2 Å². The van der Waals surface area contributed by atoms with Crippen molar-refractivity contribution in [1.82, 2.24) is 0 Å². The van der Waals surface area contributed by atoms with Crippen molar-refractivity contribution in [2.24, 2.45) is 5.92 Å². The van der Waals surface area contributed by atoms with Crippen LogP contribution in [0.3, 0.4) is 0 Å². The highest BCUT2D eigenvalue weighted by Gasteiger charge is 2.48. The van der Waals surface area contributed by atoms with Gasteiger partial charge in [-0.25, -0.2) is 0 Å². The maximum absolute atomic E-state index is 12.9. The average Bonchev–Trinajstić information content (AvgIpc) is 2.69. The molecule has 0 radical (unpaired) electrons. The number of carbonyl (C=O) groups is 2. The van der Waals surface area contributed by atoms with E-state index < -0.39 is 0 Å². The third-order valence-electron chi connectivity index (χ3n) is 6.33. The second-order valence-electron chi connectivity index (χ2n) is 7.63. The first kappa shape index (κ1) is 17.4. The summed E-state index contributed by atoms with van der Waals surface area (Å²) < 4.78 is 17.3. The summed E-state index contributed by atoms with van der Waals surface area (Å²) >= 11 is 0. The van der Waals surface area contributed by atoms with Crippen molar-refractivity contribution >= 4 is 11.6 Å². The van der Waals surface area contributed by atoms with E-state index in [1.165, 1.54) is 0 Å². The number of benzene rings is 1. The Hall–Kier alpha value is -2.04. The van der Waals surface area contributed by atoms with Crippen LogP contribution in [0, 0.1) is 5.92 Å². The quantitative estimate of drug-likeness (QED) is 0.826. The summed E-state index contributed by atoms with van der Waals surface area (Å²) in [7, 11) is 1.62. The van der Waals surface area contributed by atoms with Crippen LogP contribution in [0.2, 0.25) is 0 Å². The van der Waals surface area contributed by atoms with E-state index >= 15 is 0 Å². The molecule has 1 atom stereocenters. The normalized spacial score (nSPS) is 25.0. The van der Waals surface area contributed by atoms with Gasteiger partial charge in [-0.3, -0.25) is 9.59 Å². The number of hydrogen-bond donors (Lipinski definition) is 0. The smallest absolute Gasteiger partial charge is 0.203 e. The Morgan fingerprint density at radius 3 is 2.42 bits per heavy atom. The van der Waals surface area contributed by atoms with Crippen molar-refractivity contribution < 1.29 is 23.8 Å². The van der Waals surface area contributed by atoms with Crippen LogP contribution in [0.1, 0.15) is 56.9 Å². The first-order chi connectivity index (χ1) is 12.7. The molecule has 26 heavy (non-hydrogen) atoms. The molecule has 2 saturated carbocycles. The summed E-state index contributed by atoms with van der Waals surface area (Å²) in [5.41, 5.74) is 0.698. The number of Topliss-reactive ketones (excluding diaryl/α,β-unsaturated/α-hetero) is 2. The Balaban J connectivity index is 1.84. The molecule has 0 saturated heterocycles. The van der Waals surface area contributed by atoms with Crippen LogP contribution in [0.15, 0.2) is 12.1 Å². The van der Waals surface area contributed by atoms with E-state index in [-0.39, 0.29) is 11.3 Å². The molecule has 3 aliphatic rings. The van der Waals surface area contributed by atoms with E-state index in [0.717, 1.165) is 24.8 Å². The Bertz CT molecular complexity index is 713. The maximum atomic E-state index is 12.9. The summed E-state index contributed by atoms with van der Waals surface area (Å²) in [4.78, 5) is 24.8. The van der Waals surface area contributed by atoms with E-state index in [9.17, 15) is 9.59 Å². The van der Waals surface area contributed by atoms with E-state index in [1.807, 2.05) is 12.1 Å². The molecule has 0 N–H and O–H groups in total. The largest absolute Gasteiger partial charge is 0.493 e. The molecule has 1 aromatic rings. The van der Waals surface area contributed by atoms with E-state index in [4.69, 9.17) is 14.2 Å². The highest BCUT2D eigenvalue weighted by molar-refractivity contribution is 5.85.